The summed E-state index contributed by atoms with van der Waals surface area (Å²) in [6.45, 7) is 2.33. The van der Waals surface area contributed by atoms with E-state index in [1.54, 1.807) is 6.07 Å². The van der Waals surface area contributed by atoms with Crippen molar-refractivity contribution in [2.45, 2.75) is 0 Å². The number of aromatic nitrogens is 2. The molecule has 7 nitrogen and oxygen atoms in total. The van der Waals surface area contributed by atoms with E-state index < -0.39 is 0 Å². The third-order valence-corrected chi connectivity index (χ3v) is 5.36. The van der Waals surface area contributed by atoms with E-state index in [1.165, 1.54) is 35.0 Å². The maximum absolute atomic E-state index is 13.2. The fourth-order valence-electron chi connectivity index (χ4n) is 3.58. The van der Waals surface area contributed by atoms with Gasteiger partial charge in [-0.3, -0.25) is 9.59 Å². The Kier molecular flexibility index (Phi) is 5.70. The van der Waals surface area contributed by atoms with Crippen LogP contribution in [0.1, 0.15) is 10.4 Å². The SMILES string of the molecule is CN(C)c1cccc(C(=O)N2CCN(c3ccc(=O)n(-c4ccc(F)cc4)n3)CC2)c1. The van der Waals surface area contributed by atoms with Gasteiger partial charge in [0.25, 0.3) is 11.5 Å². The van der Waals surface area contributed by atoms with Gasteiger partial charge < -0.3 is 14.7 Å². The molecule has 1 amide bonds. The number of nitrogens with zero attached hydrogens (tertiary/aromatic N) is 5. The molecule has 0 bridgehead atoms. The zero-order chi connectivity index (χ0) is 22.0. The Balaban J connectivity index is 1.47. The van der Waals surface area contributed by atoms with E-state index in [4.69, 9.17) is 0 Å². The van der Waals surface area contributed by atoms with Crippen LogP contribution in [0.15, 0.2) is 65.5 Å². The molecule has 0 radical (unpaired) electrons. The predicted octanol–water partition coefficient (Wildman–Crippen LogP) is 2.40. The highest BCUT2D eigenvalue weighted by molar-refractivity contribution is 5.95. The van der Waals surface area contributed by atoms with Crippen LogP contribution in [0.25, 0.3) is 5.69 Å². The van der Waals surface area contributed by atoms with Gasteiger partial charge >= 0.3 is 0 Å². The van der Waals surface area contributed by atoms with Crippen LogP contribution in [0.2, 0.25) is 0 Å². The van der Waals surface area contributed by atoms with Gasteiger partial charge in [-0.25, -0.2) is 4.39 Å². The highest BCUT2D eigenvalue weighted by atomic mass is 19.1. The molecule has 0 spiro atoms. The zero-order valence-corrected chi connectivity index (χ0v) is 17.5. The maximum atomic E-state index is 13.2. The highest BCUT2D eigenvalue weighted by Gasteiger charge is 2.23. The van der Waals surface area contributed by atoms with Crippen LogP contribution in [0.3, 0.4) is 0 Å². The van der Waals surface area contributed by atoms with E-state index in [2.05, 4.69) is 5.10 Å². The lowest BCUT2D eigenvalue weighted by Crippen LogP contribution is -2.49. The standard InChI is InChI=1S/C23H24FN5O2/c1-26(2)20-5-3-4-17(16-20)23(31)28-14-12-27(13-15-28)21-10-11-22(30)29(25-21)19-8-6-18(24)7-9-19/h3-11,16H,12-15H2,1-2H3. The molecular weight excluding hydrogens is 397 g/mol. The molecule has 1 aliphatic rings. The molecule has 3 aromatic rings. The first kappa shape index (κ1) is 20.6. The Labute approximate surface area is 179 Å². The number of anilines is 2. The van der Waals surface area contributed by atoms with Gasteiger partial charge in [-0.1, -0.05) is 6.07 Å². The second kappa shape index (κ2) is 8.59. The van der Waals surface area contributed by atoms with Crippen molar-refractivity contribution in [3.8, 4) is 5.69 Å². The zero-order valence-electron chi connectivity index (χ0n) is 17.5. The van der Waals surface area contributed by atoms with Gasteiger partial charge in [0.2, 0.25) is 0 Å². The maximum Gasteiger partial charge on any atom is 0.271 e. The van der Waals surface area contributed by atoms with Crippen LogP contribution in [0, 0.1) is 5.82 Å². The largest absolute Gasteiger partial charge is 0.378 e. The number of carbonyl (C=O) groups excluding carboxylic acids is 1. The molecule has 31 heavy (non-hydrogen) atoms. The molecule has 160 valence electrons. The monoisotopic (exact) mass is 421 g/mol. The van der Waals surface area contributed by atoms with E-state index in [9.17, 15) is 14.0 Å². The number of rotatable bonds is 4. The third kappa shape index (κ3) is 4.42. The van der Waals surface area contributed by atoms with Crippen LogP contribution in [-0.4, -0.2) is 60.9 Å². The molecule has 2 aromatic carbocycles. The quantitative estimate of drug-likeness (QED) is 0.648. The summed E-state index contributed by atoms with van der Waals surface area (Å²) in [5, 5.41) is 4.45. The average molecular weight is 421 g/mol. The molecule has 0 saturated carbocycles. The summed E-state index contributed by atoms with van der Waals surface area (Å²) in [4.78, 5) is 31.0. The Morgan fingerprint density at radius 1 is 0.968 bits per heavy atom. The van der Waals surface area contributed by atoms with Crippen molar-refractivity contribution in [2.75, 3.05) is 50.1 Å². The van der Waals surface area contributed by atoms with Gasteiger partial charge in [0.1, 0.15) is 11.6 Å². The van der Waals surface area contributed by atoms with Crippen molar-refractivity contribution < 1.29 is 9.18 Å². The van der Waals surface area contributed by atoms with E-state index in [0.29, 0.717) is 43.2 Å². The Bertz CT molecular complexity index is 1140. The first-order chi connectivity index (χ1) is 14.9. The van der Waals surface area contributed by atoms with Crippen LogP contribution >= 0.6 is 0 Å². The van der Waals surface area contributed by atoms with E-state index >= 15 is 0 Å². The van der Waals surface area contributed by atoms with Gasteiger partial charge in [0.05, 0.1) is 5.69 Å². The smallest absolute Gasteiger partial charge is 0.271 e. The van der Waals surface area contributed by atoms with E-state index in [1.807, 2.05) is 53.1 Å². The van der Waals surface area contributed by atoms with Crippen LogP contribution < -0.4 is 15.4 Å². The second-order valence-corrected chi connectivity index (χ2v) is 7.64. The molecule has 0 N–H and O–H groups in total. The van der Waals surface area contributed by atoms with Crippen molar-refractivity contribution in [1.82, 2.24) is 14.7 Å². The molecular formula is C23H24FN5O2. The Hall–Kier alpha value is -3.68. The lowest BCUT2D eigenvalue weighted by atomic mass is 10.1. The summed E-state index contributed by atoms with van der Waals surface area (Å²) in [7, 11) is 3.89. The van der Waals surface area contributed by atoms with Gasteiger partial charge in [-0.15, -0.1) is 5.10 Å². The van der Waals surface area contributed by atoms with Gasteiger partial charge in [0.15, 0.2) is 0 Å². The molecule has 0 aliphatic carbocycles. The van der Waals surface area contributed by atoms with Crippen molar-refractivity contribution in [3.05, 3.63) is 82.4 Å². The first-order valence-electron chi connectivity index (χ1n) is 10.1. The summed E-state index contributed by atoms with van der Waals surface area (Å²) >= 11 is 0. The van der Waals surface area contributed by atoms with Gasteiger partial charge in [-0.05, 0) is 48.5 Å². The number of hydrogen-bond donors (Lipinski definition) is 0. The molecule has 4 rings (SSSR count). The molecule has 1 aromatic heterocycles. The Morgan fingerprint density at radius 2 is 1.68 bits per heavy atom. The highest BCUT2D eigenvalue weighted by Crippen LogP contribution is 2.18. The van der Waals surface area contributed by atoms with E-state index in [0.717, 1.165) is 5.69 Å². The Morgan fingerprint density at radius 3 is 2.35 bits per heavy atom. The van der Waals surface area contributed by atoms with Crippen molar-refractivity contribution in [1.29, 1.82) is 0 Å². The molecule has 1 fully saturated rings. The second-order valence-electron chi connectivity index (χ2n) is 7.64. The summed E-state index contributed by atoms with van der Waals surface area (Å²) in [6.07, 6.45) is 0. The van der Waals surface area contributed by atoms with Gasteiger partial charge in [-0.2, -0.15) is 4.68 Å². The molecule has 0 atom stereocenters. The molecule has 2 heterocycles. The summed E-state index contributed by atoms with van der Waals surface area (Å²) in [6, 6.07) is 16.4. The van der Waals surface area contributed by atoms with Crippen LogP contribution in [0.5, 0.6) is 0 Å². The first-order valence-corrected chi connectivity index (χ1v) is 10.1. The minimum Gasteiger partial charge on any atom is -0.378 e. The van der Waals surface area contributed by atoms with Crippen LogP contribution in [-0.2, 0) is 0 Å². The summed E-state index contributed by atoms with van der Waals surface area (Å²) < 4.78 is 14.5. The normalized spacial score (nSPS) is 13.9. The van der Waals surface area contributed by atoms with Crippen LogP contribution in [0.4, 0.5) is 15.9 Å². The summed E-state index contributed by atoms with van der Waals surface area (Å²) in [5.41, 5.74) is 1.87. The fourth-order valence-corrected chi connectivity index (χ4v) is 3.58. The predicted molar refractivity (Wildman–Crippen MR) is 119 cm³/mol. The number of hydrogen-bond acceptors (Lipinski definition) is 5. The number of carbonyl (C=O) groups is 1. The molecule has 8 heteroatoms. The average Bonchev–Trinajstić information content (AvgIpc) is 2.80. The number of piperazine rings is 1. The minimum atomic E-state index is -0.370. The summed E-state index contributed by atoms with van der Waals surface area (Å²) in [5.74, 6) is 0.281. The molecule has 1 aliphatic heterocycles. The minimum absolute atomic E-state index is 0.00703. The fraction of sp³-hybridized carbons (Fsp3) is 0.261. The number of amides is 1. The topological polar surface area (TPSA) is 61.7 Å². The van der Waals surface area contributed by atoms with E-state index in [-0.39, 0.29) is 17.3 Å². The number of benzene rings is 2. The van der Waals surface area contributed by atoms with Crippen molar-refractivity contribution >= 4 is 17.4 Å². The molecule has 1 saturated heterocycles. The molecule has 0 unspecified atom stereocenters. The third-order valence-electron chi connectivity index (χ3n) is 5.36. The van der Waals surface area contributed by atoms with Gasteiger partial charge in [0, 0.05) is 57.6 Å². The van der Waals surface area contributed by atoms with Crippen molar-refractivity contribution in [2.24, 2.45) is 0 Å². The lowest BCUT2D eigenvalue weighted by Gasteiger charge is -2.35. The van der Waals surface area contributed by atoms with Crippen molar-refractivity contribution in [3.63, 3.8) is 0 Å². The lowest BCUT2D eigenvalue weighted by molar-refractivity contribution is 0.0746. The number of halogens is 1.